The largest absolute Gasteiger partial charge is 0.369 e. The van der Waals surface area contributed by atoms with Crippen molar-refractivity contribution in [1.29, 1.82) is 0 Å². The average Bonchev–Trinajstić information content (AvgIpc) is 2.91. The summed E-state index contributed by atoms with van der Waals surface area (Å²) in [5.74, 6) is -0.120. The number of nitrogens with two attached hydrogens (primary N) is 1. The Hall–Kier alpha value is -0.760. The molecule has 1 aromatic carbocycles. The molecule has 0 aliphatic carbocycles. The lowest BCUT2D eigenvalue weighted by molar-refractivity contribution is -0.115. The van der Waals surface area contributed by atoms with Crippen LogP contribution in [-0.4, -0.2) is 21.9 Å². The van der Waals surface area contributed by atoms with Crippen molar-refractivity contribution in [3.05, 3.63) is 34.9 Å². The van der Waals surface area contributed by atoms with Crippen LogP contribution in [0.4, 0.5) is 0 Å². The number of rotatable bonds is 7. The van der Waals surface area contributed by atoms with E-state index in [0.717, 1.165) is 20.1 Å². The molecule has 2 aromatic rings. The predicted octanol–water partition coefficient (Wildman–Crippen LogP) is 4.01. The van der Waals surface area contributed by atoms with Gasteiger partial charge in [-0.2, -0.15) is 0 Å². The van der Waals surface area contributed by atoms with Crippen LogP contribution < -0.4 is 5.73 Å². The topological polar surface area (TPSA) is 68.9 Å². The first-order chi connectivity index (χ1) is 10.1. The number of hydrogen-bond donors (Lipinski definition) is 1. The van der Waals surface area contributed by atoms with Gasteiger partial charge in [0.15, 0.2) is 8.68 Å². The average molecular weight is 360 g/mol. The minimum absolute atomic E-state index is 0.230. The smallest absolute Gasteiger partial charge is 0.227 e. The van der Waals surface area contributed by atoms with Crippen LogP contribution in [0.1, 0.15) is 24.2 Å². The molecule has 0 saturated heterocycles. The summed E-state index contributed by atoms with van der Waals surface area (Å²) in [6, 6.07) is 7.86. The Balaban J connectivity index is 2.01. The minimum atomic E-state index is -0.350. The summed E-state index contributed by atoms with van der Waals surface area (Å²) in [5.41, 5.74) is 6.33. The van der Waals surface area contributed by atoms with Crippen LogP contribution in [-0.2, 0) is 4.79 Å². The van der Waals surface area contributed by atoms with Crippen LogP contribution in [0.5, 0.6) is 0 Å². The first kappa shape index (κ1) is 16.6. The number of aromatic nitrogens is 2. The molecule has 0 aliphatic heterocycles. The molecule has 112 valence electrons. The highest BCUT2D eigenvalue weighted by Crippen LogP contribution is 2.40. The number of benzene rings is 1. The SMILES string of the molecule is CCC(Sc1nnc(SCC(N)=O)s1)c1ccc(Cl)cc1. The van der Waals surface area contributed by atoms with Gasteiger partial charge < -0.3 is 5.73 Å². The third-order valence-electron chi connectivity index (χ3n) is 2.58. The van der Waals surface area contributed by atoms with Crippen LogP contribution in [0.25, 0.3) is 0 Å². The molecule has 0 spiro atoms. The van der Waals surface area contributed by atoms with Gasteiger partial charge in [-0.05, 0) is 24.1 Å². The van der Waals surface area contributed by atoms with Crippen LogP contribution >= 0.6 is 46.5 Å². The van der Waals surface area contributed by atoms with Crippen molar-refractivity contribution in [3.8, 4) is 0 Å². The van der Waals surface area contributed by atoms with E-state index in [2.05, 4.69) is 17.1 Å². The first-order valence-electron chi connectivity index (χ1n) is 6.25. The molecule has 0 bridgehead atoms. The normalized spacial score (nSPS) is 12.3. The highest BCUT2D eigenvalue weighted by atomic mass is 35.5. The standard InChI is InChI=1S/C13H14ClN3OS3/c1-2-10(8-3-5-9(14)6-4-8)20-13-17-16-12(21-13)19-7-11(15)18/h3-6,10H,2,7H2,1H3,(H2,15,18). The highest BCUT2D eigenvalue weighted by molar-refractivity contribution is 8.03. The Morgan fingerprint density at radius 3 is 2.62 bits per heavy atom. The molecule has 0 fully saturated rings. The molecule has 0 saturated carbocycles. The van der Waals surface area contributed by atoms with Crippen molar-refractivity contribution in [2.24, 2.45) is 5.73 Å². The van der Waals surface area contributed by atoms with Crippen molar-refractivity contribution < 1.29 is 4.79 Å². The fraction of sp³-hybridized carbons (Fsp3) is 0.308. The van der Waals surface area contributed by atoms with Crippen LogP contribution in [0.3, 0.4) is 0 Å². The van der Waals surface area contributed by atoms with Gasteiger partial charge in [0.05, 0.1) is 5.75 Å². The Kier molecular flexibility index (Phi) is 6.35. The number of thioether (sulfide) groups is 2. The zero-order chi connectivity index (χ0) is 15.2. The van der Waals surface area contributed by atoms with Crippen molar-refractivity contribution in [3.63, 3.8) is 0 Å². The predicted molar refractivity (Wildman–Crippen MR) is 90.2 cm³/mol. The Bertz CT molecular complexity index is 603. The summed E-state index contributed by atoms with van der Waals surface area (Å²) in [7, 11) is 0. The fourth-order valence-corrected chi connectivity index (χ4v) is 4.80. The molecule has 1 aromatic heterocycles. The molecule has 1 unspecified atom stereocenters. The molecule has 1 heterocycles. The number of amides is 1. The number of nitrogens with zero attached hydrogens (tertiary/aromatic N) is 2. The van der Waals surface area contributed by atoms with Gasteiger partial charge in [-0.25, -0.2) is 0 Å². The van der Waals surface area contributed by atoms with Gasteiger partial charge in [-0.15, -0.1) is 10.2 Å². The molecule has 2 rings (SSSR count). The van der Waals surface area contributed by atoms with E-state index >= 15 is 0 Å². The van der Waals surface area contributed by atoms with Gasteiger partial charge >= 0.3 is 0 Å². The van der Waals surface area contributed by atoms with Gasteiger partial charge in [0.1, 0.15) is 0 Å². The second kappa shape index (κ2) is 8.03. The summed E-state index contributed by atoms with van der Waals surface area (Å²) in [6.45, 7) is 2.13. The highest BCUT2D eigenvalue weighted by Gasteiger charge is 2.15. The van der Waals surface area contributed by atoms with Gasteiger partial charge in [-0.1, -0.05) is 65.5 Å². The molecular formula is C13H14ClN3OS3. The second-order valence-electron chi connectivity index (χ2n) is 4.16. The third-order valence-corrected chi connectivity index (χ3v) is 6.42. The number of hydrogen-bond acceptors (Lipinski definition) is 6. The summed E-state index contributed by atoms with van der Waals surface area (Å²) in [5, 5.41) is 9.27. The summed E-state index contributed by atoms with van der Waals surface area (Å²) < 4.78 is 1.66. The maximum atomic E-state index is 10.8. The van der Waals surface area contributed by atoms with Gasteiger partial charge in [0.25, 0.3) is 0 Å². The van der Waals surface area contributed by atoms with E-state index in [9.17, 15) is 4.79 Å². The van der Waals surface area contributed by atoms with E-state index < -0.39 is 0 Å². The Labute approximate surface area is 140 Å². The van der Waals surface area contributed by atoms with Gasteiger partial charge in [0, 0.05) is 10.3 Å². The van der Waals surface area contributed by atoms with E-state index in [1.165, 1.54) is 28.7 Å². The first-order valence-corrected chi connectivity index (χ1v) is 9.31. The fourth-order valence-electron chi connectivity index (χ4n) is 1.62. The van der Waals surface area contributed by atoms with E-state index in [4.69, 9.17) is 17.3 Å². The molecule has 0 radical (unpaired) electrons. The second-order valence-corrected chi connectivity index (χ2v) is 8.24. The molecule has 0 aliphatic rings. The van der Waals surface area contributed by atoms with Crippen LogP contribution in [0.15, 0.2) is 32.9 Å². The summed E-state index contributed by atoms with van der Waals surface area (Å²) in [4.78, 5) is 10.8. The zero-order valence-corrected chi connectivity index (χ0v) is 14.5. The number of primary amides is 1. The lowest BCUT2D eigenvalue weighted by Gasteiger charge is -2.12. The molecular weight excluding hydrogens is 346 g/mol. The Morgan fingerprint density at radius 1 is 1.33 bits per heavy atom. The lowest BCUT2D eigenvalue weighted by atomic mass is 10.1. The molecule has 1 amide bonds. The van der Waals surface area contributed by atoms with Gasteiger partial charge in [0.2, 0.25) is 5.91 Å². The van der Waals surface area contributed by atoms with E-state index in [-0.39, 0.29) is 11.7 Å². The molecule has 2 N–H and O–H groups in total. The number of halogens is 1. The quantitative estimate of drug-likeness (QED) is 0.756. The zero-order valence-electron chi connectivity index (χ0n) is 11.3. The maximum absolute atomic E-state index is 10.8. The molecule has 21 heavy (non-hydrogen) atoms. The van der Waals surface area contributed by atoms with Crippen molar-refractivity contribution in [2.45, 2.75) is 27.3 Å². The number of carbonyl (C=O) groups excluding carboxylic acids is 1. The summed E-state index contributed by atoms with van der Waals surface area (Å²) >= 11 is 10.4. The van der Waals surface area contributed by atoms with Crippen molar-refractivity contribution in [1.82, 2.24) is 10.2 Å². The molecule has 1 atom stereocenters. The van der Waals surface area contributed by atoms with E-state index in [1.807, 2.05) is 24.3 Å². The van der Waals surface area contributed by atoms with Crippen molar-refractivity contribution in [2.75, 3.05) is 5.75 Å². The number of carbonyl (C=O) groups is 1. The third kappa shape index (κ3) is 5.18. The van der Waals surface area contributed by atoms with Gasteiger partial charge in [-0.3, -0.25) is 4.79 Å². The van der Waals surface area contributed by atoms with Crippen LogP contribution in [0, 0.1) is 0 Å². The lowest BCUT2D eigenvalue weighted by Crippen LogP contribution is -2.12. The molecule has 4 nitrogen and oxygen atoms in total. The maximum Gasteiger partial charge on any atom is 0.227 e. The molecule has 8 heteroatoms. The minimum Gasteiger partial charge on any atom is -0.369 e. The van der Waals surface area contributed by atoms with Crippen molar-refractivity contribution >= 4 is 52.4 Å². The van der Waals surface area contributed by atoms with E-state index in [1.54, 1.807) is 11.8 Å². The van der Waals surface area contributed by atoms with E-state index in [0.29, 0.717) is 5.25 Å². The Morgan fingerprint density at radius 2 is 2.00 bits per heavy atom. The summed E-state index contributed by atoms with van der Waals surface area (Å²) in [6.07, 6.45) is 0.982. The van der Waals surface area contributed by atoms with Crippen LogP contribution in [0.2, 0.25) is 5.02 Å². The monoisotopic (exact) mass is 359 g/mol.